The van der Waals surface area contributed by atoms with E-state index in [1.165, 1.54) is 6.07 Å². The maximum Gasteiger partial charge on any atom is 0.255 e. The molecule has 0 saturated heterocycles. The maximum atomic E-state index is 13.1. The van der Waals surface area contributed by atoms with Crippen LogP contribution in [0.5, 0.6) is 0 Å². The summed E-state index contributed by atoms with van der Waals surface area (Å²) in [6, 6.07) is 14.5. The summed E-state index contributed by atoms with van der Waals surface area (Å²) >= 11 is 0. The van der Waals surface area contributed by atoms with E-state index >= 15 is 0 Å². The Labute approximate surface area is 159 Å². The smallest absolute Gasteiger partial charge is 0.255 e. The molecule has 0 saturated carbocycles. The molecule has 1 amide bonds. The van der Waals surface area contributed by atoms with Crippen LogP contribution in [0.15, 0.2) is 59.6 Å². The second-order valence-corrected chi connectivity index (χ2v) is 8.61. The lowest BCUT2D eigenvalue weighted by Gasteiger charge is -2.22. The Hall–Kier alpha value is -2.60. The first-order valence-corrected chi connectivity index (χ1v) is 10.8. The first kappa shape index (κ1) is 19.2. The number of aromatic amines is 1. The van der Waals surface area contributed by atoms with Crippen molar-refractivity contribution in [2.75, 3.05) is 12.3 Å². The van der Waals surface area contributed by atoms with Gasteiger partial charge in [0.2, 0.25) is 0 Å². The quantitative estimate of drug-likeness (QED) is 0.669. The Morgan fingerprint density at radius 3 is 2.59 bits per heavy atom. The van der Waals surface area contributed by atoms with Crippen molar-refractivity contribution in [1.82, 2.24) is 9.88 Å². The van der Waals surface area contributed by atoms with Gasteiger partial charge in [-0.3, -0.25) is 4.79 Å². The van der Waals surface area contributed by atoms with Crippen LogP contribution in [0, 0.1) is 0 Å². The number of sulfone groups is 1. The molecule has 3 aromatic rings. The topological polar surface area (TPSA) is 70.2 Å². The monoisotopic (exact) mass is 384 g/mol. The minimum Gasteiger partial charge on any atom is -0.361 e. The number of benzene rings is 2. The highest BCUT2D eigenvalue weighted by Crippen LogP contribution is 2.21. The molecule has 0 bridgehead atoms. The van der Waals surface area contributed by atoms with Gasteiger partial charge in [0.25, 0.3) is 5.91 Å². The molecule has 1 aromatic heterocycles. The van der Waals surface area contributed by atoms with Crippen molar-refractivity contribution in [3.05, 3.63) is 65.9 Å². The fraction of sp³-hybridized carbons (Fsp3) is 0.286. The largest absolute Gasteiger partial charge is 0.361 e. The Morgan fingerprint density at radius 2 is 1.85 bits per heavy atom. The van der Waals surface area contributed by atoms with E-state index in [9.17, 15) is 13.2 Å². The van der Waals surface area contributed by atoms with Crippen molar-refractivity contribution in [1.29, 1.82) is 0 Å². The number of hydrogen-bond acceptors (Lipinski definition) is 3. The molecule has 0 aliphatic carbocycles. The highest BCUT2D eigenvalue weighted by Gasteiger charge is 2.24. The van der Waals surface area contributed by atoms with Crippen LogP contribution in [0.4, 0.5) is 0 Å². The SMILES string of the molecule is CCCS(=O)(=O)c1ccccc1C(=O)N(CC)Cc1ccc2[nH]ccc2c1. The zero-order chi connectivity index (χ0) is 19.4. The number of carbonyl (C=O) groups is 1. The molecule has 0 unspecified atom stereocenters. The number of nitrogens with one attached hydrogen (secondary N) is 1. The number of fused-ring (bicyclic) bond motifs is 1. The average Bonchev–Trinajstić information content (AvgIpc) is 3.13. The maximum absolute atomic E-state index is 13.1. The molecule has 0 atom stereocenters. The van der Waals surface area contributed by atoms with Gasteiger partial charge in [-0.2, -0.15) is 0 Å². The summed E-state index contributed by atoms with van der Waals surface area (Å²) < 4.78 is 25.1. The fourth-order valence-electron chi connectivity index (χ4n) is 3.21. The van der Waals surface area contributed by atoms with Crippen molar-refractivity contribution < 1.29 is 13.2 Å². The number of nitrogens with zero attached hydrogens (tertiary/aromatic N) is 1. The van der Waals surface area contributed by atoms with Crippen LogP contribution < -0.4 is 0 Å². The van der Waals surface area contributed by atoms with Gasteiger partial charge in [0.05, 0.1) is 16.2 Å². The Bertz CT molecular complexity index is 1050. The summed E-state index contributed by atoms with van der Waals surface area (Å²) in [5.41, 5.74) is 2.30. The Balaban J connectivity index is 1.91. The second-order valence-electron chi connectivity index (χ2n) is 6.53. The third-order valence-corrected chi connectivity index (χ3v) is 6.56. The molecule has 0 spiro atoms. The second kappa shape index (κ2) is 7.96. The molecule has 1 heterocycles. The molecule has 2 aromatic carbocycles. The summed E-state index contributed by atoms with van der Waals surface area (Å²) in [6.07, 6.45) is 2.39. The van der Waals surface area contributed by atoms with Crippen LogP contribution in [0.3, 0.4) is 0 Å². The zero-order valence-electron chi connectivity index (χ0n) is 15.6. The number of carbonyl (C=O) groups excluding carboxylic acids is 1. The average molecular weight is 385 g/mol. The predicted molar refractivity (Wildman–Crippen MR) is 107 cm³/mol. The van der Waals surface area contributed by atoms with E-state index in [2.05, 4.69) is 4.98 Å². The van der Waals surface area contributed by atoms with E-state index in [-0.39, 0.29) is 22.1 Å². The minimum absolute atomic E-state index is 0.0353. The van der Waals surface area contributed by atoms with Crippen molar-refractivity contribution in [2.45, 2.75) is 31.7 Å². The van der Waals surface area contributed by atoms with Crippen molar-refractivity contribution in [3.8, 4) is 0 Å². The lowest BCUT2D eigenvalue weighted by atomic mass is 10.1. The van der Waals surface area contributed by atoms with Crippen LogP contribution in [0.2, 0.25) is 0 Å². The standard InChI is InChI=1S/C21H24N2O3S/c1-3-13-27(25,26)20-8-6-5-7-18(20)21(24)23(4-2)15-16-9-10-19-17(14-16)11-12-22-19/h5-12,14,22H,3-4,13,15H2,1-2H3. The zero-order valence-corrected chi connectivity index (χ0v) is 16.4. The predicted octanol–water partition coefficient (Wildman–Crippen LogP) is 4.01. The molecular formula is C21H24N2O3S. The van der Waals surface area contributed by atoms with Gasteiger partial charge in [0, 0.05) is 24.8 Å². The van der Waals surface area contributed by atoms with Gasteiger partial charge >= 0.3 is 0 Å². The third kappa shape index (κ3) is 4.06. The van der Waals surface area contributed by atoms with Gasteiger partial charge in [0.1, 0.15) is 0 Å². The van der Waals surface area contributed by atoms with Gasteiger partial charge in [-0.1, -0.05) is 25.1 Å². The number of aromatic nitrogens is 1. The Morgan fingerprint density at radius 1 is 1.07 bits per heavy atom. The molecule has 0 radical (unpaired) electrons. The number of hydrogen-bond donors (Lipinski definition) is 1. The van der Waals surface area contributed by atoms with Gasteiger partial charge in [-0.15, -0.1) is 0 Å². The van der Waals surface area contributed by atoms with E-state index in [0.29, 0.717) is 19.5 Å². The van der Waals surface area contributed by atoms with E-state index in [4.69, 9.17) is 0 Å². The number of rotatable bonds is 7. The van der Waals surface area contributed by atoms with Crippen molar-refractivity contribution >= 4 is 26.6 Å². The van der Waals surface area contributed by atoms with Crippen LogP contribution in [-0.2, 0) is 16.4 Å². The lowest BCUT2D eigenvalue weighted by Crippen LogP contribution is -2.31. The highest BCUT2D eigenvalue weighted by atomic mass is 32.2. The molecule has 3 rings (SSSR count). The molecule has 5 nitrogen and oxygen atoms in total. The van der Waals surface area contributed by atoms with Crippen molar-refractivity contribution in [2.24, 2.45) is 0 Å². The van der Waals surface area contributed by atoms with Crippen LogP contribution in [0.25, 0.3) is 10.9 Å². The molecule has 0 aliphatic rings. The molecule has 0 aliphatic heterocycles. The first-order valence-electron chi connectivity index (χ1n) is 9.13. The van der Waals surface area contributed by atoms with E-state index < -0.39 is 9.84 Å². The summed E-state index contributed by atoms with van der Waals surface area (Å²) in [5, 5.41) is 1.09. The first-order chi connectivity index (χ1) is 13.0. The van der Waals surface area contributed by atoms with E-state index in [0.717, 1.165) is 16.5 Å². The van der Waals surface area contributed by atoms with Crippen LogP contribution in [0.1, 0.15) is 36.2 Å². The molecular weight excluding hydrogens is 360 g/mol. The van der Waals surface area contributed by atoms with E-state index in [1.54, 1.807) is 23.1 Å². The molecule has 27 heavy (non-hydrogen) atoms. The third-order valence-electron chi connectivity index (χ3n) is 4.59. The molecule has 142 valence electrons. The van der Waals surface area contributed by atoms with Crippen LogP contribution >= 0.6 is 0 Å². The molecule has 1 N–H and O–H groups in total. The van der Waals surface area contributed by atoms with E-state index in [1.807, 2.05) is 44.3 Å². The van der Waals surface area contributed by atoms with Gasteiger partial charge in [0.15, 0.2) is 9.84 Å². The normalized spacial score (nSPS) is 11.6. The Kier molecular flexibility index (Phi) is 5.65. The van der Waals surface area contributed by atoms with Gasteiger partial charge in [-0.25, -0.2) is 8.42 Å². The summed E-state index contributed by atoms with van der Waals surface area (Å²) in [6.45, 7) is 4.64. The summed E-state index contributed by atoms with van der Waals surface area (Å²) in [4.78, 5) is 18.1. The van der Waals surface area contributed by atoms with Gasteiger partial charge < -0.3 is 9.88 Å². The van der Waals surface area contributed by atoms with Gasteiger partial charge in [-0.05, 0) is 54.6 Å². The highest BCUT2D eigenvalue weighted by molar-refractivity contribution is 7.91. The molecule has 6 heteroatoms. The summed E-state index contributed by atoms with van der Waals surface area (Å²) in [5.74, 6) is -0.227. The fourth-order valence-corrected chi connectivity index (χ4v) is 4.75. The van der Waals surface area contributed by atoms with Crippen LogP contribution in [-0.4, -0.2) is 36.5 Å². The summed E-state index contributed by atoms with van der Waals surface area (Å²) in [7, 11) is -3.47. The van der Waals surface area contributed by atoms with Crippen molar-refractivity contribution in [3.63, 3.8) is 0 Å². The minimum atomic E-state index is -3.47. The lowest BCUT2D eigenvalue weighted by molar-refractivity contribution is 0.0748. The number of H-pyrrole nitrogens is 1. The molecule has 0 fully saturated rings. The number of amides is 1.